The Balaban J connectivity index is 4.01. The molecule has 3 N–H and O–H groups in total. The van der Waals surface area contributed by atoms with Crippen molar-refractivity contribution in [2.24, 2.45) is 5.73 Å². The number of nitrogens with two attached hydrogens (primary N) is 1. The normalized spacial score (nSPS) is 13.2. The first kappa shape index (κ1) is 13.0. The van der Waals surface area contributed by atoms with Gasteiger partial charge in [0.2, 0.25) is 0 Å². The van der Waals surface area contributed by atoms with Crippen LogP contribution in [-0.4, -0.2) is 24.3 Å². The molecule has 4 nitrogen and oxygen atoms in total. The molecular weight excluding hydrogens is 180 g/mol. The van der Waals surface area contributed by atoms with Crippen LogP contribution < -0.4 is 11.1 Å². The molecule has 1 atom stereocenters. The van der Waals surface area contributed by atoms with E-state index in [1.165, 1.54) is 0 Å². The fourth-order valence-electron chi connectivity index (χ4n) is 0.763. The lowest BCUT2D eigenvalue weighted by Gasteiger charge is -2.22. The first-order chi connectivity index (χ1) is 6.26. The molecule has 0 saturated heterocycles. The molecule has 0 fully saturated rings. The van der Waals surface area contributed by atoms with Gasteiger partial charge in [-0.1, -0.05) is 6.58 Å². The molecule has 0 aromatic rings. The monoisotopic (exact) mass is 200 g/mol. The minimum Gasteiger partial charge on any atom is -0.444 e. The number of ether oxygens (including phenoxy) is 1. The van der Waals surface area contributed by atoms with Gasteiger partial charge in [0.15, 0.2) is 0 Å². The molecule has 0 bridgehead atoms. The lowest BCUT2D eigenvalue weighted by molar-refractivity contribution is 0.0515. The molecule has 14 heavy (non-hydrogen) atoms. The minimum atomic E-state index is -0.478. The van der Waals surface area contributed by atoms with Gasteiger partial charge in [0, 0.05) is 6.54 Å². The predicted octanol–water partition coefficient (Wildman–Crippen LogP) is 1.41. The molecule has 0 aromatic heterocycles. The third-order valence-electron chi connectivity index (χ3n) is 1.61. The van der Waals surface area contributed by atoms with Crippen LogP contribution in [0.2, 0.25) is 0 Å². The SMILES string of the molecule is C=C(CN)[C@H](C)NC(=O)OC(C)(C)C. The molecule has 0 rings (SSSR count). The highest BCUT2D eigenvalue weighted by Gasteiger charge is 2.17. The largest absolute Gasteiger partial charge is 0.444 e. The molecule has 0 aliphatic rings. The van der Waals surface area contributed by atoms with Crippen molar-refractivity contribution >= 4 is 6.09 Å². The van der Waals surface area contributed by atoms with Gasteiger partial charge in [-0.05, 0) is 33.3 Å². The van der Waals surface area contributed by atoms with Crippen molar-refractivity contribution in [2.75, 3.05) is 6.54 Å². The van der Waals surface area contributed by atoms with Crippen LogP contribution in [0.25, 0.3) is 0 Å². The van der Waals surface area contributed by atoms with Gasteiger partial charge in [-0.2, -0.15) is 0 Å². The van der Waals surface area contributed by atoms with Gasteiger partial charge in [-0.3, -0.25) is 0 Å². The summed E-state index contributed by atoms with van der Waals surface area (Å²) in [4.78, 5) is 11.3. The molecule has 0 radical (unpaired) electrons. The Kier molecular flexibility index (Phi) is 4.63. The third kappa shape index (κ3) is 5.59. The number of hydrogen-bond donors (Lipinski definition) is 2. The zero-order valence-electron chi connectivity index (χ0n) is 9.39. The van der Waals surface area contributed by atoms with Crippen molar-refractivity contribution < 1.29 is 9.53 Å². The van der Waals surface area contributed by atoms with Crippen molar-refractivity contribution in [3.8, 4) is 0 Å². The Morgan fingerprint density at radius 2 is 2.07 bits per heavy atom. The van der Waals surface area contributed by atoms with Crippen LogP contribution in [0.1, 0.15) is 27.7 Å². The molecule has 0 saturated carbocycles. The summed E-state index contributed by atoms with van der Waals surface area (Å²) in [7, 11) is 0. The summed E-state index contributed by atoms with van der Waals surface area (Å²) in [5.74, 6) is 0. The highest BCUT2D eigenvalue weighted by Crippen LogP contribution is 2.07. The summed E-state index contributed by atoms with van der Waals surface area (Å²) in [6.07, 6.45) is -0.445. The van der Waals surface area contributed by atoms with E-state index in [2.05, 4.69) is 11.9 Å². The number of carbonyl (C=O) groups excluding carboxylic acids is 1. The number of hydrogen-bond acceptors (Lipinski definition) is 3. The van der Waals surface area contributed by atoms with Gasteiger partial charge in [0.1, 0.15) is 5.60 Å². The van der Waals surface area contributed by atoms with Gasteiger partial charge in [0.05, 0.1) is 6.04 Å². The summed E-state index contributed by atoms with van der Waals surface area (Å²) in [5, 5.41) is 2.65. The molecule has 0 aliphatic heterocycles. The van der Waals surface area contributed by atoms with Crippen LogP contribution in [0.15, 0.2) is 12.2 Å². The fraction of sp³-hybridized carbons (Fsp3) is 0.700. The third-order valence-corrected chi connectivity index (χ3v) is 1.61. The maximum absolute atomic E-state index is 11.3. The van der Waals surface area contributed by atoms with Gasteiger partial charge >= 0.3 is 6.09 Å². The molecule has 4 heteroatoms. The van der Waals surface area contributed by atoms with E-state index in [1.807, 2.05) is 27.7 Å². The maximum atomic E-state index is 11.3. The molecular formula is C10H20N2O2. The van der Waals surface area contributed by atoms with Crippen LogP contribution in [0.5, 0.6) is 0 Å². The lowest BCUT2D eigenvalue weighted by atomic mass is 10.1. The van der Waals surface area contributed by atoms with Gasteiger partial charge in [0.25, 0.3) is 0 Å². The molecule has 0 spiro atoms. The van der Waals surface area contributed by atoms with E-state index in [4.69, 9.17) is 10.5 Å². The molecule has 0 aliphatic carbocycles. The Morgan fingerprint density at radius 1 is 1.57 bits per heavy atom. The second kappa shape index (κ2) is 5.00. The topological polar surface area (TPSA) is 64.3 Å². The number of amides is 1. The van der Waals surface area contributed by atoms with Crippen LogP contribution in [-0.2, 0) is 4.74 Å². The van der Waals surface area contributed by atoms with E-state index in [-0.39, 0.29) is 6.04 Å². The Morgan fingerprint density at radius 3 is 2.43 bits per heavy atom. The Labute approximate surface area is 85.5 Å². The molecule has 0 aromatic carbocycles. The van der Waals surface area contributed by atoms with Crippen molar-refractivity contribution in [3.05, 3.63) is 12.2 Å². The number of rotatable bonds is 3. The standard InChI is InChI=1S/C10H20N2O2/c1-7(6-11)8(2)12-9(13)14-10(3,4)5/h8H,1,6,11H2,2-5H3,(H,12,13)/t8-/m0/s1. The van der Waals surface area contributed by atoms with Crippen molar-refractivity contribution in [1.29, 1.82) is 0 Å². The zero-order valence-corrected chi connectivity index (χ0v) is 9.39. The summed E-state index contributed by atoms with van der Waals surface area (Å²) in [6.45, 7) is 11.3. The quantitative estimate of drug-likeness (QED) is 0.677. The van der Waals surface area contributed by atoms with Crippen LogP contribution >= 0.6 is 0 Å². The first-order valence-electron chi connectivity index (χ1n) is 4.63. The smallest absolute Gasteiger partial charge is 0.408 e. The van der Waals surface area contributed by atoms with Crippen LogP contribution in [0.4, 0.5) is 4.79 Å². The second-order valence-corrected chi connectivity index (χ2v) is 4.23. The summed E-state index contributed by atoms with van der Waals surface area (Å²) >= 11 is 0. The first-order valence-corrected chi connectivity index (χ1v) is 4.63. The summed E-state index contributed by atoms with van der Waals surface area (Å²) < 4.78 is 5.07. The van der Waals surface area contributed by atoms with E-state index in [0.717, 1.165) is 5.57 Å². The maximum Gasteiger partial charge on any atom is 0.408 e. The van der Waals surface area contributed by atoms with E-state index in [1.54, 1.807) is 0 Å². The predicted molar refractivity (Wildman–Crippen MR) is 57.0 cm³/mol. The van der Waals surface area contributed by atoms with E-state index < -0.39 is 11.7 Å². The van der Waals surface area contributed by atoms with E-state index in [9.17, 15) is 4.79 Å². The van der Waals surface area contributed by atoms with Gasteiger partial charge in [-0.15, -0.1) is 0 Å². The molecule has 82 valence electrons. The summed E-state index contributed by atoms with van der Waals surface area (Å²) in [5.41, 5.74) is 5.68. The van der Waals surface area contributed by atoms with Crippen LogP contribution in [0.3, 0.4) is 0 Å². The average Bonchev–Trinajstić information content (AvgIpc) is 1.99. The lowest BCUT2D eigenvalue weighted by Crippen LogP contribution is -2.39. The number of carbonyl (C=O) groups is 1. The second-order valence-electron chi connectivity index (χ2n) is 4.23. The molecule has 1 amide bonds. The summed E-state index contributed by atoms with van der Waals surface area (Å²) in [6, 6.07) is -0.158. The number of alkyl carbamates (subject to hydrolysis) is 1. The van der Waals surface area contributed by atoms with Gasteiger partial charge < -0.3 is 15.8 Å². The Bertz CT molecular complexity index is 219. The van der Waals surface area contributed by atoms with Gasteiger partial charge in [-0.25, -0.2) is 4.79 Å². The number of nitrogens with one attached hydrogen (secondary N) is 1. The fourth-order valence-corrected chi connectivity index (χ4v) is 0.763. The van der Waals surface area contributed by atoms with Crippen molar-refractivity contribution in [3.63, 3.8) is 0 Å². The Hall–Kier alpha value is -1.03. The van der Waals surface area contributed by atoms with E-state index >= 15 is 0 Å². The molecule has 0 heterocycles. The minimum absolute atomic E-state index is 0.158. The van der Waals surface area contributed by atoms with E-state index in [0.29, 0.717) is 6.54 Å². The highest BCUT2D eigenvalue weighted by atomic mass is 16.6. The van der Waals surface area contributed by atoms with Crippen LogP contribution in [0, 0.1) is 0 Å². The van der Waals surface area contributed by atoms with Crippen molar-refractivity contribution in [2.45, 2.75) is 39.3 Å². The van der Waals surface area contributed by atoms with Crippen molar-refractivity contribution in [1.82, 2.24) is 5.32 Å². The zero-order chi connectivity index (χ0) is 11.4. The molecule has 0 unspecified atom stereocenters. The highest BCUT2D eigenvalue weighted by molar-refractivity contribution is 5.68. The average molecular weight is 200 g/mol.